The Morgan fingerprint density at radius 2 is 0.698 bits per heavy atom. The van der Waals surface area contributed by atoms with Crippen LogP contribution >= 0.6 is 128 Å². The molecule has 690 valence electrons. The zero-order valence-electron chi connectivity index (χ0n) is 67.2. The number of hydrogen-bond donors (Lipinski definition) is 8. The van der Waals surface area contributed by atoms with Gasteiger partial charge in [0.05, 0.1) is 28.2 Å². The molecule has 0 bridgehead atoms. The molecule has 5 amide bonds. The van der Waals surface area contributed by atoms with Crippen molar-refractivity contribution in [2.24, 2.45) is 22.7 Å². The molecule has 8 aromatic rings. The van der Waals surface area contributed by atoms with Crippen LogP contribution in [0.4, 0.5) is 126 Å². The van der Waals surface area contributed by atoms with Gasteiger partial charge >= 0.3 is 108 Å². The number of nitrogens with two attached hydrogens (primary N) is 3. The maximum absolute atomic E-state index is 13.6. The van der Waals surface area contributed by atoms with Crippen molar-refractivity contribution in [1.82, 2.24) is 0 Å². The Kier molecular flexibility index (Phi) is 47.2. The number of amides is 5. The SMILES string of the molecule is C.CC(C)(C)C(=O)Nc1ccc(Cl)cc1.CC(C)(C)C(=O)Nc1ccc(Cl)cc1.Cl.Nc1ccc(Cl)cc1.Nc1ccc(Cl)cc1C(=O)C(F)(F)F.Nc1ccc(Cl)cc1C(=O)C(F)(F)F.O=C1Nc2ccc(Cl)cc2C(C#CC2CC2)(C(F)(F)F)O1.O=C1Nc2ccc(Cl)cc2C(Cl)(C(F)(F)F)O1.O=C1Nc2ccc(Cl)cc2C(Cl)(C(F)(F)F)O1.[C-]#CC1CC1.[Li+].[Na+].[OH-]. The predicted octanol–water partition coefficient (Wildman–Crippen LogP) is 21.6. The molecule has 8 aromatic carbocycles. The number of hydrogen-bond acceptors (Lipinski definition) is 14. The van der Waals surface area contributed by atoms with E-state index in [1.807, 2.05) is 41.5 Å². The fourth-order valence-electron chi connectivity index (χ4n) is 9.04. The average Bonchev–Trinajstić information content (AvgIpc) is 1.24. The van der Waals surface area contributed by atoms with Crippen LogP contribution < -0.4 is 92.2 Å². The van der Waals surface area contributed by atoms with Gasteiger partial charge in [-0.2, -0.15) is 65.9 Å². The quantitative estimate of drug-likeness (QED) is 0.0119. The number of carbonyl (C=O) groups excluding carboxylic acids is 7. The molecule has 3 heterocycles. The molecule has 0 saturated heterocycles. The molecule has 0 spiro atoms. The number of Topliss-reactive ketones (excluding diaryl/α,β-unsaturated/α-hetero) is 2. The summed E-state index contributed by atoms with van der Waals surface area (Å²) >= 11 is 55.6. The summed E-state index contributed by atoms with van der Waals surface area (Å²) in [5.41, 5.74) is 11.3. The molecule has 3 unspecified atom stereocenters. The molecule has 129 heavy (non-hydrogen) atoms. The molecule has 0 radical (unpaired) electrons. The molecule has 2 saturated carbocycles. The zero-order chi connectivity index (χ0) is 94.0. The monoisotopic (exact) mass is 2040 g/mol. The number of carbonyl (C=O) groups is 7. The Hall–Kier alpha value is -7.93. The number of rotatable bonds is 4. The number of ketones is 2. The molecule has 3 aliphatic heterocycles. The fourth-order valence-corrected chi connectivity index (χ4v) is 10.7. The number of ether oxygens (including phenoxy) is 3. The first-order valence-corrected chi connectivity index (χ1v) is 38.6. The van der Waals surface area contributed by atoms with Gasteiger partial charge in [-0.3, -0.25) is 35.1 Å². The molecule has 19 nitrogen and oxygen atoms in total. The van der Waals surface area contributed by atoms with Crippen molar-refractivity contribution in [3.63, 3.8) is 0 Å². The third-order valence-corrected chi connectivity index (χ3v) is 18.8. The summed E-state index contributed by atoms with van der Waals surface area (Å²) in [7, 11) is 0. The Labute approximate surface area is 819 Å². The van der Waals surface area contributed by atoms with Crippen LogP contribution in [0.3, 0.4) is 0 Å². The second-order valence-electron chi connectivity index (χ2n) is 28.0. The van der Waals surface area contributed by atoms with Crippen molar-refractivity contribution in [3.05, 3.63) is 238 Å². The van der Waals surface area contributed by atoms with E-state index >= 15 is 0 Å². The van der Waals surface area contributed by atoms with Gasteiger partial charge in [0.2, 0.25) is 11.8 Å². The number of alkyl halides is 17. The van der Waals surface area contributed by atoms with Crippen LogP contribution in [0, 0.1) is 46.9 Å². The predicted molar refractivity (Wildman–Crippen MR) is 463 cm³/mol. The van der Waals surface area contributed by atoms with Crippen molar-refractivity contribution < 1.29 is 168 Å². The largest absolute Gasteiger partial charge is 1.00 e. The molecule has 5 aliphatic rings. The van der Waals surface area contributed by atoms with Gasteiger partial charge in [0.25, 0.3) is 17.2 Å². The zero-order valence-corrected chi connectivity index (χ0v) is 77.6. The van der Waals surface area contributed by atoms with Crippen molar-refractivity contribution in [1.29, 1.82) is 0 Å². The summed E-state index contributed by atoms with van der Waals surface area (Å²) in [5.74, 6) is 3.56. The summed E-state index contributed by atoms with van der Waals surface area (Å²) < 4.78 is 203. The minimum atomic E-state index is -4.95. The van der Waals surface area contributed by atoms with Gasteiger partial charge in [-0.25, -0.2) is 14.4 Å². The van der Waals surface area contributed by atoms with Crippen LogP contribution in [0.1, 0.15) is 112 Å². The van der Waals surface area contributed by atoms with Crippen LogP contribution in [-0.4, -0.2) is 78.0 Å². The Bertz CT molecular complexity index is 5060. The fraction of sp³-hybridized carbons (Fsp3) is 0.280. The van der Waals surface area contributed by atoms with Crippen molar-refractivity contribution >= 4 is 216 Å². The summed E-state index contributed by atoms with van der Waals surface area (Å²) in [5, 5.41) is 7.98. The van der Waals surface area contributed by atoms with Gasteiger partial charge in [0.1, 0.15) is 0 Å². The van der Waals surface area contributed by atoms with Crippen LogP contribution in [-0.2, 0) is 39.5 Å². The van der Waals surface area contributed by atoms with Gasteiger partial charge in [0, 0.05) is 102 Å². The molecule has 2 fully saturated rings. The first kappa shape index (κ1) is 121. The van der Waals surface area contributed by atoms with E-state index in [4.69, 9.17) is 140 Å². The van der Waals surface area contributed by atoms with Crippen LogP contribution in [0.15, 0.2) is 164 Å². The Balaban J connectivity index is 0.00000144. The molecule has 13 rings (SSSR count). The molecule has 12 N–H and O–H groups in total. The molecule has 3 atom stereocenters. The van der Waals surface area contributed by atoms with Gasteiger partial charge in [0.15, 0.2) is 0 Å². The molecular formula is C82H72Cl11F15LiN8NaO11. The van der Waals surface area contributed by atoms with E-state index in [2.05, 4.69) is 58.6 Å². The van der Waals surface area contributed by atoms with Gasteiger partial charge < -0.3 is 59.9 Å². The Morgan fingerprint density at radius 3 is 0.961 bits per heavy atom. The summed E-state index contributed by atoms with van der Waals surface area (Å²) in [6, 6.07) is 38.8. The third-order valence-electron chi connectivity index (χ3n) is 15.9. The molecule has 47 heteroatoms. The van der Waals surface area contributed by atoms with Gasteiger partial charge in [-0.1, -0.05) is 171 Å². The van der Waals surface area contributed by atoms with Crippen LogP contribution in [0.2, 0.25) is 40.2 Å². The summed E-state index contributed by atoms with van der Waals surface area (Å²) in [4.78, 5) is 78.2. The van der Waals surface area contributed by atoms with E-state index < -0.39 is 98.7 Å². The number of cyclic esters (lactones) is 3. The molecule has 2 aliphatic carbocycles. The Morgan fingerprint density at radius 1 is 0.426 bits per heavy atom. The van der Waals surface area contributed by atoms with E-state index in [-0.39, 0.29) is 161 Å². The second-order valence-corrected chi connectivity index (χ2v) is 32.6. The van der Waals surface area contributed by atoms with Crippen molar-refractivity contribution in [2.75, 3.05) is 43.8 Å². The van der Waals surface area contributed by atoms with Crippen LogP contribution in [0.25, 0.3) is 0 Å². The summed E-state index contributed by atoms with van der Waals surface area (Å²) in [6.45, 7) is 11.2. The third kappa shape index (κ3) is 36.9. The normalized spacial score (nSPS) is 16.5. The topological polar surface area (TPSA) is 315 Å². The van der Waals surface area contributed by atoms with Crippen molar-refractivity contribution in [3.8, 4) is 17.8 Å². The maximum atomic E-state index is 13.6. The number of fused-ring (bicyclic) bond motifs is 3. The van der Waals surface area contributed by atoms with Crippen molar-refractivity contribution in [2.45, 2.75) is 121 Å². The van der Waals surface area contributed by atoms with E-state index in [0.29, 0.717) is 16.0 Å². The first-order chi connectivity index (χ1) is 56.9. The number of nitrogen functional groups attached to an aromatic ring is 3. The van der Waals surface area contributed by atoms with Gasteiger partial charge in [-0.05, 0) is 201 Å². The van der Waals surface area contributed by atoms with Crippen LogP contribution in [0.5, 0.6) is 0 Å². The number of anilines is 8. The molecular weight excluding hydrogens is 1980 g/mol. The second kappa shape index (κ2) is 50.2. The molecule has 0 aromatic heterocycles. The number of halogens is 26. The van der Waals surface area contributed by atoms with E-state index in [9.17, 15) is 99.4 Å². The first-order valence-electron chi connectivity index (χ1n) is 34.9. The minimum Gasteiger partial charge on any atom is -0.870 e. The van der Waals surface area contributed by atoms with E-state index in [1.54, 1.807) is 72.8 Å². The maximum Gasteiger partial charge on any atom is 1.00 e. The number of benzene rings is 8. The van der Waals surface area contributed by atoms with E-state index in [0.717, 1.165) is 77.4 Å². The minimum absolute atomic E-state index is 0. The average molecular weight is 2050 g/mol. The summed E-state index contributed by atoms with van der Waals surface area (Å²) in [6.07, 6.45) is -18.0. The standard InChI is InChI=1S/C14H9ClF3NO2.2C11H14ClNO.2C9H4Cl2F3NO2.2C8H5ClF3NO.C6H6ClN.C5H5.CH4.ClH.Li.Na.H2O/c15-9-3-4-11-10(7-9)13(14(16,17)18,21-12(20)19-11)6-5-8-1-2-8;2*1-11(2,3)10(14)13-9-6-4-8(12)5-7-9;2*10-4-1-2-6-5(3-4)8(11,9(12,13)14)17-7(16)15-6;2*9-4-1-2-6(13)5(3-4)7(14)8(10,11)12;7-5-1-3-6(8)4-2-5;1-2-5-3-4-5;;;;;/h3-4,7-8H,1-2H2,(H,19,20);2*4-7H,1-3H3,(H,13,14);2*1-3H,(H,15,16);2*1-3H,13H2;1-4H,8H2;5H,3-4H2;1H4;1H;;;1H2/q;;;;;;;;-1;;;2*+1;/p-1. The number of nitrogens with one attached hydrogen (secondary N) is 5. The van der Waals surface area contributed by atoms with Gasteiger partial charge in [-0.15, -0.1) is 12.4 Å². The van der Waals surface area contributed by atoms with E-state index in [1.165, 1.54) is 61.4 Å². The smallest absolute Gasteiger partial charge is 0.870 e.